The minimum Gasteiger partial charge on any atom is -0.330 e. The van der Waals surface area contributed by atoms with E-state index in [0.29, 0.717) is 21.8 Å². The van der Waals surface area contributed by atoms with Gasteiger partial charge in [-0.3, -0.25) is 14.4 Å². The van der Waals surface area contributed by atoms with Gasteiger partial charge in [0.2, 0.25) is 0 Å². The summed E-state index contributed by atoms with van der Waals surface area (Å²) in [6, 6.07) is 7.17. The number of carbonyl (C=O) groups excluding carboxylic acids is 4. The van der Waals surface area contributed by atoms with E-state index in [2.05, 4.69) is 6.58 Å². The Morgan fingerprint density at radius 3 is 2.18 bits per heavy atom. The zero-order chi connectivity index (χ0) is 21.1. The standard InChI is InChI=1S/C20H19NO5.C2H6/c1-12-10-15(19(25)14-7-5-4-6-13(12)14)20(2,3)11-18(24)26-21-16(22)8-9-17(21)23;1-2/h4-7,10H,1,8-9,11H2,2-3H3;1-2H3. The van der Waals surface area contributed by atoms with Crippen molar-refractivity contribution >= 4 is 29.1 Å². The number of hydroxylamine groups is 2. The lowest BCUT2D eigenvalue weighted by Crippen LogP contribution is -2.35. The van der Waals surface area contributed by atoms with Crippen LogP contribution in [0.5, 0.6) is 0 Å². The van der Waals surface area contributed by atoms with Gasteiger partial charge < -0.3 is 4.84 Å². The van der Waals surface area contributed by atoms with Gasteiger partial charge in [-0.25, -0.2) is 4.79 Å². The molecule has 1 aliphatic heterocycles. The number of imide groups is 1. The molecule has 0 atom stereocenters. The average Bonchev–Trinajstić information content (AvgIpc) is 2.97. The van der Waals surface area contributed by atoms with E-state index < -0.39 is 23.2 Å². The topological polar surface area (TPSA) is 80.8 Å². The fourth-order valence-electron chi connectivity index (χ4n) is 3.17. The van der Waals surface area contributed by atoms with Crippen LogP contribution < -0.4 is 0 Å². The van der Waals surface area contributed by atoms with Crippen LogP contribution in [0.3, 0.4) is 0 Å². The second kappa shape index (κ2) is 8.33. The summed E-state index contributed by atoms with van der Waals surface area (Å²) in [6.07, 6.45) is 1.60. The molecule has 28 heavy (non-hydrogen) atoms. The van der Waals surface area contributed by atoms with Crippen LogP contribution in [0.15, 0.2) is 42.5 Å². The molecule has 0 bridgehead atoms. The summed E-state index contributed by atoms with van der Waals surface area (Å²) in [4.78, 5) is 53.2. The number of amides is 2. The number of nitrogens with zero attached hydrogens (tertiary/aromatic N) is 1. The van der Waals surface area contributed by atoms with E-state index in [0.717, 1.165) is 5.56 Å². The Morgan fingerprint density at radius 2 is 1.61 bits per heavy atom. The lowest BCUT2D eigenvalue weighted by molar-refractivity contribution is -0.198. The number of rotatable bonds is 4. The number of hydrogen-bond donors (Lipinski definition) is 0. The van der Waals surface area contributed by atoms with Gasteiger partial charge in [-0.1, -0.05) is 58.5 Å². The van der Waals surface area contributed by atoms with Crippen LogP contribution in [0.1, 0.15) is 62.9 Å². The molecule has 6 nitrogen and oxygen atoms in total. The Kier molecular flexibility index (Phi) is 6.33. The van der Waals surface area contributed by atoms with Crippen molar-refractivity contribution in [2.24, 2.45) is 5.41 Å². The number of ketones is 1. The zero-order valence-corrected chi connectivity index (χ0v) is 16.7. The molecule has 0 unspecified atom stereocenters. The van der Waals surface area contributed by atoms with Crippen LogP contribution in [0.4, 0.5) is 0 Å². The van der Waals surface area contributed by atoms with Gasteiger partial charge >= 0.3 is 5.97 Å². The molecule has 1 aromatic carbocycles. The highest BCUT2D eigenvalue weighted by Gasteiger charge is 2.38. The first-order valence-corrected chi connectivity index (χ1v) is 9.32. The van der Waals surface area contributed by atoms with Crippen LogP contribution in [-0.4, -0.2) is 28.6 Å². The third kappa shape index (κ3) is 4.11. The normalized spacial score (nSPS) is 16.3. The van der Waals surface area contributed by atoms with E-state index in [1.54, 1.807) is 32.1 Å². The van der Waals surface area contributed by atoms with Crippen molar-refractivity contribution in [2.45, 2.75) is 47.0 Å². The fourth-order valence-corrected chi connectivity index (χ4v) is 3.17. The van der Waals surface area contributed by atoms with E-state index in [1.165, 1.54) is 0 Å². The molecule has 1 fully saturated rings. The summed E-state index contributed by atoms with van der Waals surface area (Å²) in [5.41, 5.74) is 1.60. The van der Waals surface area contributed by atoms with Gasteiger partial charge in [-0.05, 0) is 17.2 Å². The molecule has 1 aliphatic carbocycles. The first-order chi connectivity index (χ1) is 13.2. The molecule has 3 rings (SSSR count). The Morgan fingerprint density at radius 1 is 1.07 bits per heavy atom. The van der Waals surface area contributed by atoms with Crippen LogP contribution in [0.2, 0.25) is 0 Å². The van der Waals surface area contributed by atoms with Gasteiger partial charge in [0.15, 0.2) is 5.78 Å². The molecule has 0 aromatic heterocycles. The maximum absolute atomic E-state index is 12.9. The minimum atomic E-state index is -0.851. The summed E-state index contributed by atoms with van der Waals surface area (Å²) >= 11 is 0. The van der Waals surface area contributed by atoms with Crippen molar-refractivity contribution in [3.8, 4) is 0 Å². The van der Waals surface area contributed by atoms with Gasteiger partial charge in [-0.15, -0.1) is 5.06 Å². The number of benzene rings is 1. The molecule has 6 heteroatoms. The van der Waals surface area contributed by atoms with Gasteiger partial charge in [0.1, 0.15) is 0 Å². The van der Waals surface area contributed by atoms with Gasteiger partial charge in [-0.2, -0.15) is 0 Å². The van der Waals surface area contributed by atoms with Crippen LogP contribution in [-0.2, 0) is 19.2 Å². The Bertz CT molecular complexity index is 863. The molecular weight excluding hydrogens is 358 g/mol. The summed E-state index contributed by atoms with van der Waals surface area (Å²) < 4.78 is 0. The highest BCUT2D eigenvalue weighted by atomic mass is 16.7. The van der Waals surface area contributed by atoms with E-state index in [1.807, 2.05) is 26.0 Å². The summed E-state index contributed by atoms with van der Waals surface area (Å²) in [5.74, 6) is -1.97. The zero-order valence-electron chi connectivity index (χ0n) is 16.7. The van der Waals surface area contributed by atoms with Crippen molar-refractivity contribution in [2.75, 3.05) is 0 Å². The number of allylic oxidation sites excluding steroid dienone is 3. The van der Waals surface area contributed by atoms with Gasteiger partial charge in [0.25, 0.3) is 11.8 Å². The summed E-state index contributed by atoms with van der Waals surface area (Å²) in [6.45, 7) is 11.5. The van der Waals surface area contributed by atoms with E-state index in [4.69, 9.17) is 4.84 Å². The molecule has 1 heterocycles. The highest BCUT2D eigenvalue weighted by Crippen LogP contribution is 2.39. The quantitative estimate of drug-likeness (QED) is 0.737. The van der Waals surface area contributed by atoms with E-state index in [9.17, 15) is 19.2 Å². The molecule has 148 valence electrons. The third-order valence-electron chi connectivity index (χ3n) is 4.60. The van der Waals surface area contributed by atoms with E-state index in [-0.39, 0.29) is 25.0 Å². The van der Waals surface area contributed by atoms with Crippen molar-refractivity contribution in [3.05, 3.63) is 53.6 Å². The van der Waals surface area contributed by atoms with Crippen LogP contribution in [0.25, 0.3) is 5.57 Å². The lowest BCUT2D eigenvalue weighted by atomic mass is 9.73. The smallest absolute Gasteiger partial charge is 0.330 e. The van der Waals surface area contributed by atoms with Crippen molar-refractivity contribution in [1.29, 1.82) is 0 Å². The molecular formula is C22H25NO5. The third-order valence-corrected chi connectivity index (χ3v) is 4.60. The maximum Gasteiger partial charge on any atom is 0.334 e. The highest BCUT2D eigenvalue weighted by molar-refractivity contribution is 6.16. The first kappa shape index (κ1) is 21.3. The summed E-state index contributed by atoms with van der Waals surface area (Å²) in [5, 5.41) is 0.518. The Labute approximate surface area is 164 Å². The van der Waals surface area contributed by atoms with Crippen LogP contribution >= 0.6 is 0 Å². The molecule has 2 amide bonds. The summed E-state index contributed by atoms with van der Waals surface area (Å²) in [7, 11) is 0. The molecule has 0 N–H and O–H groups in total. The molecule has 1 saturated heterocycles. The number of carbonyl (C=O) groups is 4. The number of fused-ring (bicyclic) bond motifs is 1. The number of Topliss-reactive ketones (excluding diaryl/α,β-unsaturated/α-hetero) is 1. The monoisotopic (exact) mass is 383 g/mol. The SMILES string of the molecule is C=C1C=C(C(C)(C)CC(=O)ON2C(=O)CCC2=O)C(=O)c2ccccc21.CC. The average molecular weight is 383 g/mol. The van der Waals surface area contributed by atoms with Crippen molar-refractivity contribution in [1.82, 2.24) is 5.06 Å². The van der Waals surface area contributed by atoms with Crippen LogP contribution in [0, 0.1) is 5.41 Å². The predicted octanol–water partition coefficient (Wildman–Crippen LogP) is 3.87. The predicted molar refractivity (Wildman–Crippen MR) is 105 cm³/mol. The Hall–Kier alpha value is -3.02. The number of hydrogen-bond acceptors (Lipinski definition) is 5. The molecule has 0 radical (unpaired) electrons. The maximum atomic E-state index is 12.9. The lowest BCUT2D eigenvalue weighted by Gasteiger charge is -2.30. The van der Waals surface area contributed by atoms with Gasteiger partial charge in [0.05, 0.1) is 6.42 Å². The fraction of sp³-hybridized carbons (Fsp3) is 0.364. The molecule has 1 aromatic rings. The second-order valence-corrected chi connectivity index (χ2v) is 7.06. The molecule has 0 saturated carbocycles. The molecule has 2 aliphatic rings. The van der Waals surface area contributed by atoms with E-state index >= 15 is 0 Å². The first-order valence-electron chi connectivity index (χ1n) is 9.32. The largest absolute Gasteiger partial charge is 0.334 e. The van der Waals surface area contributed by atoms with Gasteiger partial charge in [0, 0.05) is 29.4 Å². The van der Waals surface area contributed by atoms with Crippen molar-refractivity contribution < 1.29 is 24.0 Å². The molecule has 0 spiro atoms. The Balaban J connectivity index is 0.00000136. The second-order valence-electron chi connectivity index (χ2n) is 7.06. The minimum absolute atomic E-state index is 0.0375. The van der Waals surface area contributed by atoms with Crippen molar-refractivity contribution in [3.63, 3.8) is 0 Å².